The third-order valence-corrected chi connectivity index (χ3v) is 10.8. The van der Waals surface area contributed by atoms with Crippen molar-refractivity contribution in [3.8, 4) is 11.4 Å². The van der Waals surface area contributed by atoms with Gasteiger partial charge in [0, 0.05) is 50.5 Å². The number of anilines is 1. The van der Waals surface area contributed by atoms with E-state index >= 15 is 0 Å². The number of primary amides is 1. The first-order valence-corrected chi connectivity index (χ1v) is 23.8. The van der Waals surface area contributed by atoms with Crippen molar-refractivity contribution in [2.45, 2.75) is 79.2 Å². The predicted octanol–water partition coefficient (Wildman–Crippen LogP) is 7.33. The van der Waals surface area contributed by atoms with Gasteiger partial charge in [-0.25, -0.2) is 9.48 Å². The van der Waals surface area contributed by atoms with Gasteiger partial charge in [-0.1, -0.05) is 19.9 Å². The van der Waals surface area contributed by atoms with Gasteiger partial charge < -0.3 is 55.2 Å². The molecule has 0 spiro atoms. The minimum absolute atomic E-state index is 0.0384. The van der Waals surface area contributed by atoms with E-state index in [0.717, 1.165) is 23.4 Å². The molecule has 5 rings (SSSR count). The van der Waals surface area contributed by atoms with Crippen molar-refractivity contribution in [2.75, 3.05) is 91.0 Å². The van der Waals surface area contributed by atoms with Crippen LogP contribution < -0.4 is 21.7 Å². The predicted molar refractivity (Wildman–Crippen MR) is 264 cm³/mol. The summed E-state index contributed by atoms with van der Waals surface area (Å²) in [6.45, 7) is 17.2. The number of alkyl carbamates (subject to hydrolysis) is 1. The fourth-order valence-corrected chi connectivity index (χ4v) is 7.46. The highest BCUT2D eigenvalue weighted by molar-refractivity contribution is 6.00. The lowest BCUT2D eigenvalue weighted by molar-refractivity contribution is -0.0111. The number of benzene rings is 3. The molecule has 0 fully saturated rings. The Bertz CT molecular complexity index is 2380. The van der Waals surface area contributed by atoms with Gasteiger partial charge in [-0.15, -0.1) is 5.11 Å². The van der Waals surface area contributed by atoms with Crippen LogP contribution in [-0.4, -0.2) is 130 Å². The number of fused-ring (bicyclic) bond motifs is 1. The Balaban J connectivity index is 0.820. The summed E-state index contributed by atoms with van der Waals surface area (Å²) >= 11 is 0. The molecule has 3 aromatic carbocycles. The number of amides is 3. The molecule has 0 bridgehead atoms. The average molecular weight is 971 g/mol. The highest BCUT2D eigenvalue weighted by Crippen LogP contribution is 2.37. The zero-order valence-electron chi connectivity index (χ0n) is 41.4. The number of aryl methyl sites for hydroxylation is 1. The molecule has 1 aromatic heterocycles. The second-order valence-corrected chi connectivity index (χ2v) is 18.6. The number of carbonyl (C=O) groups is 4. The van der Waals surface area contributed by atoms with Gasteiger partial charge in [0.25, 0.3) is 11.8 Å². The number of nitrogens with one attached hydrogen (secondary N) is 3. The molecule has 380 valence electrons. The summed E-state index contributed by atoms with van der Waals surface area (Å²) in [4.78, 5) is 49.5. The molecule has 0 saturated heterocycles. The van der Waals surface area contributed by atoms with Gasteiger partial charge in [-0.2, -0.15) is 10.2 Å². The number of carbonyl (C=O) groups excluding carboxylic acids is 4. The zero-order chi connectivity index (χ0) is 50.5. The fourth-order valence-electron chi connectivity index (χ4n) is 7.46. The summed E-state index contributed by atoms with van der Waals surface area (Å²) in [6, 6.07) is 17.0. The zero-order valence-corrected chi connectivity index (χ0v) is 41.4. The maximum absolute atomic E-state index is 12.9. The van der Waals surface area contributed by atoms with Crippen LogP contribution in [0, 0.1) is 12.3 Å². The van der Waals surface area contributed by atoms with Crippen LogP contribution in [0.4, 0.5) is 21.9 Å². The van der Waals surface area contributed by atoms with E-state index in [1.54, 1.807) is 75.4 Å². The number of nitrogens with zero attached hydrogens (tertiary/aromatic N) is 4. The second kappa shape index (κ2) is 27.2. The van der Waals surface area contributed by atoms with E-state index in [9.17, 15) is 24.3 Å². The molecular formula is C51H70N8O11. The monoisotopic (exact) mass is 971 g/mol. The van der Waals surface area contributed by atoms with Crippen molar-refractivity contribution in [3.05, 3.63) is 94.3 Å². The number of hydrogen-bond acceptors (Lipinski definition) is 15. The summed E-state index contributed by atoms with van der Waals surface area (Å²) < 4.78 is 35.1. The third kappa shape index (κ3) is 18.2. The Morgan fingerprint density at radius 2 is 1.39 bits per heavy atom. The Hall–Kier alpha value is -6.25. The Morgan fingerprint density at radius 3 is 1.99 bits per heavy atom. The van der Waals surface area contributed by atoms with Crippen molar-refractivity contribution < 1.29 is 52.7 Å². The number of ketones is 1. The molecule has 0 radical (unpaired) electrons. The molecule has 6 N–H and O–H groups in total. The molecule has 1 aliphatic carbocycles. The molecule has 0 aliphatic heterocycles. The molecule has 1 aliphatic rings. The smallest absolute Gasteiger partial charge is 0.407 e. The van der Waals surface area contributed by atoms with Crippen LogP contribution in [0.15, 0.2) is 70.9 Å². The van der Waals surface area contributed by atoms with Crippen LogP contribution in [0.3, 0.4) is 0 Å². The molecule has 70 heavy (non-hydrogen) atoms. The maximum Gasteiger partial charge on any atom is 0.407 e. The molecular weight excluding hydrogens is 901 g/mol. The van der Waals surface area contributed by atoms with Crippen LogP contribution in [0.1, 0.15) is 102 Å². The van der Waals surface area contributed by atoms with Gasteiger partial charge in [0.1, 0.15) is 17.0 Å². The van der Waals surface area contributed by atoms with E-state index in [1.807, 2.05) is 17.7 Å². The van der Waals surface area contributed by atoms with Crippen molar-refractivity contribution >= 4 is 40.8 Å². The van der Waals surface area contributed by atoms with Crippen LogP contribution >= 0.6 is 0 Å². The van der Waals surface area contributed by atoms with Gasteiger partial charge in [-0.05, 0) is 119 Å². The molecule has 19 heteroatoms. The standard InChI is InChI=1S/C51H70N8O11/c1-35-46-43(33-51(5,6)34-45(46)61)59(58-35)39-14-15-40(47(52)62)42(32-39)53-18-7-21-65-23-25-67-27-29-69-30-28-68-26-24-66-22-8-19-54-48(63)37-10-12-38(13-11-37)56-57-41-16-9-36(31-44(41)60)17-20-55-49(64)70-50(2,3)4/h9-16,31-32,53,60H,7-8,17-30,33-34H2,1-6H3,(H2,52,62)(H,54,63)(H,55,64)/b57-56+. The van der Waals surface area contributed by atoms with Gasteiger partial charge in [0.15, 0.2) is 5.78 Å². The van der Waals surface area contributed by atoms with Crippen molar-refractivity contribution in [2.24, 2.45) is 21.4 Å². The molecule has 4 aromatic rings. The van der Waals surface area contributed by atoms with Crippen molar-refractivity contribution in [3.63, 3.8) is 0 Å². The molecule has 0 saturated carbocycles. The van der Waals surface area contributed by atoms with Crippen molar-refractivity contribution in [1.82, 2.24) is 20.4 Å². The largest absolute Gasteiger partial charge is 0.506 e. The first-order valence-electron chi connectivity index (χ1n) is 23.8. The van der Waals surface area contributed by atoms with E-state index in [2.05, 4.69) is 40.0 Å². The van der Waals surface area contributed by atoms with Crippen molar-refractivity contribution in [1.29, 1.82) is 0 Å². The number of phenols is 1. The van der Waals surface area contributed by atoms with E-state index < -0.39 is 17.6 Å². The number of nitrogens with two attached hydrogens (primary N) is 1. The van der Waals surface area contributed by atoms with Crippen LogP contribution in [-0.2, 0) is 41.3 Å². The number of rotatable bonds is 29. The van der Waals surface area contributed by atoms with Crippen LogP contribution in [0.2, 0.25) is 0 Å². The summed E-state index contributed by atoms with van der Waals surface area (Å²) in [6.07, 6.45) is 2.54. The lowest BCUT2D eigenvalue weighted by atomic mass is 9.75. The molecule has 0 unspecified atom stereocenters. The van der Waals surface area contributed by atoms with E-state index in [1.165, 1.54) is 0 Å². The highest BCUT2D eigenvalue weighted by atomic mass is 16.6. The van der Waals surface area contributed by atoms with E-state index in [4.69, 9.17) is 39.3 Å². The topological polar surface area (TPSA) is 249 Å². The number of phenolic OH excluding ortho intramolecular Hbond substituents is 1. The Kier molecular flexibility index (Phi) is 21.3. The lowest BCUT2D eigenvalue weighted by Crippen LogP contribution is -2.33. The highest BCUT2D eigenvalue weighted by Gasteiger charge is 2.36. The molecule has 0 atom stereocenters. The SMILES string of the molecule is Cc1nn(-c2ccc(C(N)=O)c(NCCCOCCOCCOCCOCCOCCCNC(=O)c3ccc(/N=N/c4ccc(CCNC(=O)OC(C)(C)C)cc4O)cc3)c2)c2c1C(=O)CC(C)(C)C2. The van der Waals surface area contributed by atoms with Crippen LogP contribution in [0.25, 0.3) is 5.69 Å². The fraction of sp³-hybridized carbons (Fsp3) is 0.510. The van der Waals surface area contributed by atoms with Crippen LogP contribution in [0.5, 0.6) is 5.75 Å². The molecule has 19 nitrogen and oxygen atoms in total. The number of azo groups is 1. The number of hydrogen-bond donors (Lipinski definition) is 5. The van der Waals surface area contributed by atoms with Gasteiger partial charge in [0.05, 0.1) is 86.7 Å². The molecule has 3 amide bonds. The average Bonchev–Trinajstić information content (AvgIpc) is 3.63. The number of Topliss-reactive ketones (excluding diaryl/α,β-unsaturated/α-hetero) is 1. The minimum atomic E-state index is -0.577. The number of aromatic hydroxyl groups is 1. The molecule has 1 heterocycles. The second-order valence-electron chi connectivity index (χ2n) is 18.6. The summed E-state index contributed by atoms with van der Waals surface area (Å²) in [5.41, 5.74) is 11.1. The lowest BCUT2D eigenvalue weighted by Gasteiger charge is -2.29. The maximum atomic E-state index is 12.9. The normalized spacial score (nSPS) is 13.3. The third-order valence-electron chi connectivity index (χ3n) is 10.8. The summed E-state index contributed by atoms with van der Waals surface area (Å²) in [7, 11) is 0. The summed E-state index contributed by atoms with van der Waals surface area (Å²) in [5.74, 6) is -0.681. The summed E-state index contributed by atoms with van der Waals surface area (Å²) in [5, 5.41) is 32.3. The van der Waals surface area contributed by atoms with E-state index in [-0.39, 0.29) is 22.9 Å². The van der Waals surface area contributed by atoms with Gasteiger partial charge in [0.2, 0.25) is 0 Å². The first kappa shape index (κ1) is 54.7. The number of ether oxygens (including phenoxy) is 6. The van der Waals surface area contributed by atoms with E-state index in [0.29, 0.717) is 151 Å². The van der Waals surface area contributed by atoms with Gasteiger partial charge in [-0.3, -0.25) is 14.4 Å². The first-order chi connectivity index (χ1) is 33.5. The quantitative estimate of drug-likeness (QED) is 0.0265. The Morgan fingerprint density at radius 1 is 0.771 bits per heavy atom. The Labute approximate surface area is 410 Å². The minimum Gasteiger partial charge on any atom is -0.506 e. The van der Waals surface area contributed by atoms with Gasteiger partial charge >= 0.3 is 6.09 Å². The number of aromatic nitrogens is 2.